The molecular formula is C16H22N2O3. The van der Waals surface area contributed by atoms with Crippen molar-refractivity contribution in [3.05, 3.63) is 35.9 Å². The van der Waals surface area contributed by atoms with E-state index >= 15 is 0 Å². The van der Waals surface area contributed by atoms with Gasteiger partial charge >= 0.3 is 0 Å². The fourth-order valence-corrected chi connectivity index (χ4v) is 3.11. The summed E-state index contributed by atoms with van der Waals surface area (Å²) in [5.41, 5.74) is 0.642. The molecule has 0 aromatic heterocycles. The van der Waals surface area contributed by atoms with Crippen LogP contribution in [-0.2, 0) is 14.3 Å². The maximum atomic E-state index is 12.7. The largest absolute Gasteiger partial charge is 0.378 e. The SMILES string of the molecule is COC1(CN2C(=O)C(c3ccccc3)NC2C)CCOC1. The number of hydrogen-bond donors (Lipinski definition) is 1. The molecule has 0 radical (unpaired) electrons. The van der Waals surface area contributed by atoms with Gasteiger partial charge in [0.2, 0.25) is 5.91 Å². The number of carbonyl (C=O) groups excluding carboxylic acids is 1. The van der Waals surface area contributed by atoms with Crippen LogP contribution >= 0.6 is 0 Å². The van der Waals surface area contributed by atoms with Gasteiger partial charge in [0.1, 0.15) is 11.6 Å². The molecule has 21 heavy (non-hydrogen) atoms. The smallest absolute Gasteiger partial charge is 0.245 e. The number of benzene rings is 1. The first-order valence-corrected chi connectivity index (χ1v) is 7.40. The van der Waals surface area contributed by atoms with E-state index in [0.29, 0.717) is 19.8 Å². The van der Waals surface area contributed by atoms with Crippen molar-refractivity contribution in [1.29, 1.82) is 0 Å². The number of hydrogen-bond acceptors (Lipinski definition) is 4. The Bertz CT molecular complexity index is 500. The van der Waals surface area contributed by atoms with Gasteiger partial charge in [0, 0.05) is 20.1 Å². The molecule has 3 rings (SSSR count). The monoisotopic (exact) mass is 290 g/mol. The number of methoxy groups -OCH3 is 1. The molecule has 2 heterocycles. The summed E-state index contributed by atoms with van der Waals surface area (Å²) in [6.45, 7) is 3.83. The van der Waals surface area contributed by atoms with Crippen molar-refractivity contribution in [1.82, 2.24) is 10.2 Å². The highest BCUT2D eigenvalue weighted by molar-refractivity contribution is 5.85. The van der Waals surface area contributed by atoms with Crippen molar-refractivity contribution in [3.8, 4) is 0 Å². The van der Waals surface area contributed by atoms with E-state index in [1.54, 1.807) is 7.11 Å². The van der Waals surface area contributed by atoms with Gasteiger partial charge in [0.15, 0.2) is 0 Å². The topological polar surface area (TPSA) is 50.8 Å². The predicted molar refractivity (Wildman–Crippen MR) is 78.7 cm³/mol. The Morgan fingerprint density at radius 2 is 2.19 bits per heavy atom. The van der Waals surface area contributed by atoms with Crippen LogP contribution in [0.4, 0.5) is 0 Å². The third-order valence-electron chi connectivity index (χ3n) is 4.50. The number of carbonyl (C=O) groups is 1. The molecule has 1 aromatic rings. The van der Waals surface area contributed by atoms with Gasteiger partial charge in [-0.1, -0.05) is 30.3 Å². The summed E-state index contributed by atoms with van der Waals surface area (Å²) in [6.07, 6.45) is 0.825. The van der Waals surface area contributed by atoms with Crippen molar-refractivity contribution in [2.24, 2.45) is 0 Å². The zero-order valence-corrected chi connectivity index (χ0v) is 12.5. The normalized spacial score (nSPS) is 32.9. The number of nitrogens with zero attached hydrogens (tertiary/aromatic N) is 1. The predicted octanol–water partition coefficient (Wildman–Crippen LogP) is 1.31. The van der Waals surface area contributed by atoms with Crippen LogP contribution in [-0.4, -0.2) is 49.4 Å². The number of ether oxygens (including phenoxy) is 2. The molecule has 1 aromatic carbocycles. The summed E-state index contributed by atoms with van der Waals surface area (Å²) in [6, 6.07) is 9.57. The lowest BCUT2D eigenvalue weighted by atomic mass is 10.0. The van der Waals surface area contributed by atoms with Crippen LogP contribution in [0.5, 0.6) is 0 Å². The van der Waals surface area contributed by atoms with E-state index in [1.165, 1.54) is 0 Å². The summed E-state index contributed by atoms with van der Waals surface area (Å²) < 4.78 is 11.1. The van der Waals surface area contributed by atoms with E-state index in [-0.39, 0.29) is 23.7 Å². The Balaban J connectivity index is 1.76. The minimum absolute atomic E-state index is 0.00432. The first kappa shape index (κ1) is 14.5. The van der Waals surface area contributed by atoms with Crippen molar-refractivity contribution in [2.45, 2.75) is 31.2 Å². The molecule has 3 unspecified atom stereocenters. The van der Waals surface area contributed by atoms with Crippen molar-refractivity contribution in [2.75, 3.05) is 26.9 Å². The van der Waals surface area contributed by atoms with Crippen molar-refractivity contribution < 1.29 is 14.3 Å². The molecule has 1 N–H and O–H groups in total. The number of nitrogens with one attached hydrogen (secondary N) is 1. The lowest BCUT2D eigenvalue weighted by Crippen LogP contribution is -2.49. The van der Waals surface area contributed by atoms with E-state index in [2.05, 4.69) is 5.32 Å². The summed E-state index contributed by atoms with van der Waals surface area (Å²) in [4.78, 5) is 14.6. The molecule has 114 valence electrons. The molecule has 3 atom stereocenters. The Labute approximate surface area is 125 Å². The second-order valence-electron chi connectivity index (χ2n) is 5.84. The van der Waals surface area contributed by atoms with Gasteiger partial charge in [0.25, 0.3) is 0 Å². The lowest BCUT2D eigenvalue weighted by Gasteiger charge is -2.32. The van der Waals surface area contributed by atoms with Crippen LogP contribution in [0.15, 0.2) is 30.3 Å². The average molecular weight is 290 g/mol. The third kappa shape index (κ3) is 2.69. The molecule has 0 saturated carbocycles. The minimum atomic E-state index is -0.364. The highest BCUT2D eigenvalue weighted by Gasteiger charge is 2.44. The molecule has 1 amide bonds. The first-order valence-electron chi connectivity index (χ1n) is 7.40. The molecule has 2 aliphatic rings. The van der Waals surface area contributed by atoms with Gasteiger partial charge in [-0.05, 0) is 12.5 Å². The van der Waals surface area contributed by atoms with Crippen LogP contribution in [0.25, 0.3) is 0 Å². The Morgan fingerprint density at radius 3 is 2.81 bits per heavy atom. The van der Waals surface area contributed by atoms with Gasteiger partial charge < -0.3 is 14.4 Å². The molecule has 5 heteroatoms. The summed E-state index contributed by atoms with van der Waals surface area (Å²) in [7, 11) is 1.70. The van der Waals surface area contributed by atoms with E-state index in [0.717, 1.165) is 12.0 Å². The van der Waals surface area contributed by atoms with Gasteiger partial charge in [-0.25, -0.2) is 0 Å². The highest BCUT2D eigenvalue weighted by atomic mass is 16.5. The maximum Gasteiger partial charge on any atom is 0.245 e. The molecule has 5 nitrogen and oxygen atoms in total. The molecule has 0 aliphatic carbocycles. The minimum Gasteiger partial charge on any atom is -0.378 e. The first-order chi connectivity index (χ1) is 10.2. The second kappa shape index (κ2) is 5.75. The number of rotatable bonds is 4. The van der Waals surface area contributed by atoms with Crippen molar-refractivity contribution >= 4 is 5.91 Å². The molecule has 2 aliphatic heterocycles. The van der Waals surface area contributed by atoms with Gasteiger partial charge in [-0.3, -0.25) is 10.1 Å². The van der Waals surface area contributed by atoms with Gasteiger partial charge in [-0.15, -0.1) is 0 Å². The van der Waals surface area contributed by atoms with Gasteiger partial charge in [-0.2, -0.15) is 0 Å². The molecular weight excluding hydrogens is 268 g/mol. The zero-order chi connectivity index (χ0) is 14.9. The lowest BCUT2D eigenvalue weighted by molar-refractivity contribution is -0.134. The van der Waals surface area contributed by atoms with E-state index in [9.17, 15) is 4.79 Å². The van der Waals surface area contributed by atoms with Crippen LogP contribution in [0.1, 0.15) is 24.9 Å². The summed E-state index contributed by atoms with van der Waals surface area (Å²) in [5, 5.41) is 3.37. The summed E-state index contributed by atoms with van der Waals surface area (Å²) in [5.74, 6) is 0.108. The standard InChI is InChI=1S/C16H22N2O3/c1-12-17-14(13-6-4-3-5-7-13)15(19)18(12)10-16(20-2)8-9-21-11-16/h3-7,12,14,17H,8-11H2,1-2H3. The van der Waals surface area contributed by atoms with Gasteiger partial charge in [0.05, 0.1) is 19.3 Å². The molecule has 2 saturated heterocycles. The fraction of sp³-hybridized carbons (Fsp3) is 0.562. The molecule has 2 fully saturated rings. The second-order valence-corrected chi connectivity index (χ2v) is 5.84. The van der Waals surface area contributed by atoms with Crippen LogP contribution in [0, 0.1) is 0 Å². The Hall–Kier alpha value is -1.43. The average Bonchev–Trinajstić information content (AvgIpc) is 3.09. The number of amides is 1. The van der Waals surface area contributed by atoms with E-state index < -0.39 is 0 Å². The maximum absolute atomic E-state index is 12.7. The molecule has 0 bridgehead atoms. The van der Waals surface area contributed by atoms with E-state index in [4.69, 9.17) is 9.47 Å². The van der Waals surface area contributed by atoms with Crippen LogP contribution in [0.2, 0.25) is 0 Å². The van der Waals surface area contributed by atoms with E-state index in [1.807, 2.05) is 42.2 Å². The Kier molecular flexibility index (Phi) is 3.97. The third-order valence-corrected chi connectivity index (χ3v) is 4.50. The summed E-state index contributed by atoms with van der Waals surface area (Å²) >= 11 is 0. The Morgan fingerprint density at radius 1 is 1.43 bits per heavy atom. The van der Waals surface area contributed by atoms with Crippen LogP contribution in [0.3, 0.4) is 0 Å². The van der Waals surface area contributed by atoms with Crippen molar-refractivity contribution in [3.63, 3.8) is 0 Å². The fourth-order valence-electron chi connectivity index (χ4n) is 3.11. The van der Waals surface area contributed by atoms with Crippen LogP contribution < -0.4 is 5.32 Å². The highest BCUT2D eigenvalue weighted by Crippen LogP contribution is 2.29. The quantitative estimate of drug-likeness (QED) is 0.908. The molecule has 0 spiro atoms. The zero-order valence-electron chi connectivity index (χ0n) is 12.5.